The Morgan fingerprint density at radius 1 is 0.459 bits per heavy atom. The second kappa shape index (κ2) is 61.3. The number of hydrogen-bond acceptors (Lipinski definition) is 23. The van der Waals surface area contributed by atoms with Gasteiger partial charge >= 0.3 is 71.0 Å². The third kappa shape index (κ3) is 40.1. The molecule has 133 heavy (non-hydrogen) atoms. The van der Waals surface area contributed by atoms with E-state index >= 15 is 0 Å². The van der Waals surface area contributed by atoms with E-state index in [1.165, 1.54) is 64.8 Å². The van der Waals surface area contributed by atoms with Crippen LogP contribution in [0.25, 0.3) is 38.2 Å². The summed E-state index contributed by atoms with van der Waals surface area (Å²) < 4.78 is 106. The van der Waals surface area contributed by atoms with E-state index in [1.807, 2.05) is 113 Å². The predicted octanol–water partition coefficient (Wildman–Crippen LogP) is 13.6. The molecule has 2 heterocycles. The van der Waals surface area contributed by atoms with Crippen molar-refractivity contribution in [2.75, 3.05) is 85.0 Å². The molecule has 11 N–H and O–H groups in total. The number of esters is 2. The Balaban J connectivity index is 0. The maximum Gasteiger partial charge on any atom is 1.00 e. The molecular formula is C95H106BI2N8NaO23S3. The minimum absolute atomic E-state index is 0. The van der Waals surface area contributed by atoms with Gasteiger partial charge in [0.1, 0.15) is 0 Å². The summed E-state index contributed by atoms with van der Waals surface area (Å²) in [7, 11) is -9.33. The Hall–Kier alpha value is -11.5. The zero-order chi connectivity index (χ0) is 94.3. The van der Waals surface area contributed by atoms with Crippen molar-refractivity contribution in [2.45, 2.75) is 74.1 Å². The molecule has 0 atom stereocenters. The first-order valence-corrected chi connectivity index (χ1v) is 44.1. The van der Waals surface area contributed by atoms with Crippen LogP contribution in [0.4, 0.5) is 17.1 Å². The van der Waals surface area contributed by atoms with Crippen molar-refractivity contribution >= 4 is 135 Å². The zero-order valence-corrected chi connectivity index (χ0v) is 80.0. The number of sulfonamides is 2. The van der Waals surface area contributed by atoms with E-state index in [1.54, 1.807) is 121 Å². The smallest absolute Gasteiger partial charge is 0.870 e. The van der Waals surface area contributed by atoms with Crippen LogP contribution in [0.1, 0.15) is 126 Å². The molecule has 11 aromatic rings. The molecule has 0 saturated carbocycles. The van der Waals surface area contributed by atoms with Crippen LogP contribution in [0.5, 0.6) is 0 Å². The van der Waals surface area contributed by atoms with Gasteiger partial charge in [0.15, 0.2) is 5.69 Å². The number of nitrogens with one attached hydrogen (secondary N) is 1. The number of amides is 1. The average Bonchev–Trinajstić information content (AvgIpc) is 0.811. The third-order valence-corrected chi connectivity index (χ3v) is 24.3. The van der Waals surface area contributed by atoms with Gasteiger partial charge in [0.25, 0.3) is 5.91 Å². The fourth-order valence-corrected chi connectivity index (χ4v) is 15.0. The predicted molar refractivity (Wildman–Crippen MR) is 526 cm³/mol. The normalized spacial score (nSPS) is 11.4. The fourth-order valence-electron chi connectivity index (χ4n) is 11.2. The molecule has 0 aliphatic carbocycles. The Kier molecular flexibility index (Phi) is 57.0. The van der Waals surface area contributed by atoms with Crippen LogP contribution >= 0.6 is 45.2 Å². The molecule has 31 nitrogen and oxygen atoms in total. The number of aryl methyl sites for hydroxylation is 5. The maximum atomic E-state index is 12.8. The number of aromatic carboxylic acids is 2. The van der Waals surface area contributed by atoms with Gasteiger partial charge in [0.2, 0.25) is 20.0 Å². The number of nitrogens with zero attached hydrogens (tertiary/aromatic N) is 6. The molecule has 11 aromatic carbocycles. The average molecular weight is 2110 g/mol. The number of rotatable bonds is 14. The van der Waals surface area contributed by atoms with Crippen molar-refractivity contribution in [1.29, 1.82) is 15.8 Å². The number of halogens is 2. The maximum absolute atomic E-state index is 12.8. The number of carbonyl (C=O) groups is 5. The van der Waals surface area contributed by atoms with Gasteiger partial charge in [-0.3, -0.25) is 13.9 Å². The molecule has 2 aliphatic heterocycles. The molecule has 700 valence electrons. The monoisotopic (exact) mass is 2110 g/mol. The van der Waals surface area contributed by atoms with E-state index in [0.717, 1.165) is 69.9 Å². The molecule has 0 spiro atoms. The van der Waals surface area contributed by atoms with Gasteiger partial charge in [-0.15, -0.1) is 0 Å². The second-order valence-electron chi connectivity index (χ2n) is 26.8. The molecule has 38 heteroatoms. The van der Waals surface area contributed by atoms with Crippen LogP contribution < -0.4 is 46.1 Å². The summed E-state index contributed by atoms with van der Waals surface area (Å²) in [5.41, 5.74) is 22.4. The van der Waals surface area contributed by atoms with Gasteiger partial charge in [0.05, 0.1) is 114 Å². The van der Waals surface area contributed by atoms with Gasteiger partial charge in [-0.25, -0.2) is 40.9 Å². The number of carbonyl (C=O) groups excluding carboxylic acids is 3. The number of carboxylic acids is 2. The fraction of sp³-hybridized carbons (Fsp3) is 0.211. The number of hydrogen-bond donors (Lipinski definition) is 9. The SMILES string of the molecule is C.C.C.C.CO.COC(=O)c1ccc(C)c(-c2ccc(C#N)cc2)c1.COC(=O)c1ccc(C)c(I)c1.Cc1ccc(C(=O)Nc2ccc(S(=O)(=O)N3CCOCC3)cc2)cc1-c1ccc(C#N)cc1.Cc1ccc(C(=O)O)cc1-c1ccc(C#N)cc1.Cc1ccc(C(=O)O)cc1I.Nc1ccc(S(=O)(=O)N2CCOCC2)cc1.O=S(=O)(O)O.[C-]#[N+]c1ccc(B(O)O)cc1.[Na+].[OH-]. The molecular weight excluding hydrogens is 2000 g/mol. The quantitative estimate of drug-likeness (QED) is 0.0122. The van der Waals surface area contributed by atoms with Crippen LogP contribution in [-0.4, -0.2) is 185 Å². The van der Waals surface area contributed by atoms with Gasteiger partial charge < -0.3 is 60.8 Å². The van der Waals surface area contributed by atoms with Crippen LogP contribution in [0.3, 0.4) is 0 Å². The number of aliphatic hydroxyl groups excluding tert-OH is 1. The van der Waals surface area contributed by atoms with E-state index in [0.29, 0.717) is 114 Å². The Morgan fingerprint density at radius 2 is 0.744 bits per heavy atom. The number of nitrogen functional groups attached to an aromatic ring is 1. The first-order valence-electron chi connectivity index (χ1n) is 37.7. The number of carboxylic acid groups (broad SMARTS) is 2. The van der Waals surface area contributed by atoms with E-state index in [9.17, 15) is 40.8 Å². The van der Waals surface area contributed by atoms with Gasteiger partial charge in [-0.1, -0.05) is 121 Å². The molecule has 2 fully saturated rings. The Labute approximate surface area is 828 Å². The van der Waals surface area contributed by atoms with E-state index < -0.39 is 49.5 Å². The van der Waals surface area contributed by atoms with E-state index in [2.05, 4.69) is 78.3 Å². The molecule has 2 saturated heterocycles. The van der Waals surface area contributed by atoms with Crippen LogP contribution in [-0.2, 0) is 49.4 Å². The molecule has 0 radical (unpaired) electrons. The number of aliphatic hydroxyl groups is 1. The minimum Gasteiger partial charge on any atom is -0.870 e. The van der Waals surface area contributed by atoms with Crippen LogP contribution in [0.15, 0.2) is 246 Å². The van der Waals surface area contributed by atoms with Gasteiger partial charge in [-0.05, 0) is 292 Å². The Bertz CT molecular complexity index is 6150. The number of nitriles is 3. The van der Waals surface area contributed by atoms with Crippen molar-refractivity contribution in [3.63, 3.8) is 0 Å². The van der Waals surface area contributed by atoms with E-state index in [-0.39, 0.29) is 97.9 Å². The Morgan fingerprint density at radius 3 is 1.05 bits per heavy atom. The van der Waals surface area contributed by atoms with Crippen molar-refractivity contribution in [3.8, 4) is 51.6 Å². The van der Waals surface area contributed by atoms with Crippen LogP contribution in [0, 0.1) is 82.3 Å². The summed E-state index contributed by atoms with van der Waals surface area (Å²) in [6.07, 6.45) is 0. The standard InChI is InChI=1S/C25H23N3O4S.C16H13NO2.C15H11NO2.C10H14N2O3S.C9H9IO2.C8H7IO2.C7H6BNO2.CH4O.4CH4.Na.H2O4S.H2O/c1-18-2-5-21(16-24(18)20-6-3-19(17-26)4-7-20)25(29)27-22-8-10-23(11-9-22)33(30,31)28-12-14-32-15-13-28;1-11-3-6-14(16(18)19-2)9-15(11)13-7-4-12(10-17)5-8-13;1-10-2-5-13(15(17)18)8-14(10)12-6-3-11(9-16)4-7-12;11-9-1-3-10(4-2-9)16(13,14)12-5-7-15-8-6-12;1-6-3-4-7(5-8(6)10)9(11)12-2;1-5-2-3-6(8(10)11)4-7(5)9;1-9-7-4-2-6(3-5-7)8(10)11;1-2;;;;;;1-5(2,3)4;/h2-11,16H,12-15H2,1H3,(H,27,29);3-9H,1-2H3;2-8H,1H3,(H,17,18);1-4H,5-8,11H2;3-5H,1-2H3;2-4H,1H3,(H,10,11);2-5,10-11H;2H,1H3;4*1H4;;(H2,1,2,3,4);1H2/q;;;;;;;;;;;;+1;;/p-1. The van der Waals surface area contributed by atoms with Crippen molar-refractivity contribution < 1.29 is 138 Å². The van der Waals surface area contributed by atoms with Crippen molar-refractivity contribution in [3.05, 3.63) is 327 Å². The number of anilines is 2. The van der Waals surface area contributed by atoms with Crippen LogP contribution in [0.2, 0.25) is 0 Å². The summed E-state index contributed by atoms with van der Waals surface area (Å²) in [4.78, 5) is 60.5. The zero-order valence-electron chi connectivity index (χ0n) is 71.2. The summed E-state index contributed by atoms with van der Waals surface area (Å²) >= 11 is 4.31. The number of morpholine rings is 2. The summed E-state index contributed by atoms with van der Waals surface area (Å²) in [5.74, 6) is -2.75. The summed E-state index contributed by atoms with van der Waals surface area (Å²) in [6.45, 7) is 19.6. The third-order valence-electron chi connectivity index (χ3n) is 18.2. The first-order chi connectivity index (χ1) is 60.2. The molecule has 0 unspecified atom stereocenters. The largest absolute Gasteiger partial charge is 1.00 e. The summed E-state index contributed by atoms with van der Waals surface area (Å²) in [5, 5.41) is 71.3. The van der Waals surface area contributed by atoms with Gasteiger partial charge in [-0.2, -0.15) is 32.8 Å². The molecule has 2 aliphatic rings. The van der Waals surface area contributed by atoms with Crippen molar-refractivity contribution in [2.24, 2.45) is 0 Å². The molecule has 0 bridgehead atoms. The molecule has 0 aromatic heterocycles. The van der Waals surface area contributed by atoms with Gasteiger partial charge in [0, 0.05) is 57.4 Å². The topological polar surface area (TPSA) is 517 Å². The minimum atomic E-state index is -4.67. The molecule has 1 amide bonds. The second-order valence-corrected chi connectivity index (χ2v) is 33.9. The number of benzene rings is 11. The number of methoxy groups -OCH3 is 2. The van der Waals surface area contributed by atoms with E-state index in [4.69, 9.17) is 85.2 Å². The molecule has 13 rings (SSSR count). The number of ether oxygens (including phenoxy) is 4. The summed E-state index contributed by atoms with van der Waals surface area (Å²) in [6, 6.07) is 72.8. The first kappa shape index (κ1) is 124. The van der Waals surface area contributed by atoms with Crippen molar-refractivity contribution in [1.82, 2.24) is 8.61 Å². The number of nitrogens with two attached hydrogens (primary N) is 1.